The van der Waals surface area contributed by atoms with Gasteiger partial charge in [0, 0.05) is 35.0 Å². The number of anilines is 2. The van der Waals surface area contributed by atoms with E-state index in [1.807, 2.05) is 46.3 Å². The molecule has 1 unspecified atom stereocenters. The van der Waals surface area contributed by atoms with Crippen LogP contribution in [0, 0.1) is 0 Å². The van der Waals surface area contributed by atoms with Gasteiger partial charge in [-0.1, -0.05) is 36.4 Å². The summed E-state index contributed by atoms with van der Waals surface area (Å²) in [6.45, 7) is 0.604. The Hall–Kier alpha value is -3.49. The summed E-state index contributed by atoms with van der Waals surface area (Å²) in [5, 5.41) is 7.77. The Morgan fingerprint density at radius 2 is 1.97 bits per heavy atom. The number of fused-ring (bicyclic) bond motifs is 1. The first-order valence-electron chi connectivity index (χ1n) is 10.0. The summed E-state index contributed by atoms with van der Waals surface area (Å²) in [6.07, 6.45) is 3.05. The number of thiazole rings is 1. The molecule has 1 saturated heterocycles. The summed E-state index contributed by atoms with van der Waals surface area (Å²) in [5.74, 6) is 0.150. The molecule has 2 amide bonds. The SMILES string of the molecule is O=C(Nc1c(-c2ccccc2)nc2sccn12)c1cccc(NC(=O)C2CCCO2)c1. The Morgan fingerprint density at radius 1 is 1.10 bits per heavy atom. The van der Waals surface area contributed by atoms with E-state index in [2.05, 4.69) is 15.6 Å². The first-order chi connectivity index (χ1) is 15.2. The largest absolute Gasteiger partial charge is 0.368 e. The van der Waals surface area contributed by atoms with E-state index in [1.54, 1.807) is 24.3 Å². The van der Waals surface area contributed by atoms with Gasteiger partial charge in [0.15, 0.2) is 4.96 Å². The molecule has 0 radical (unpaired) electrons. The average molecular weight is 433 g/mol. The first-order valence-corrected chi connectivity index (χ1v) is 10.9. The minimum atomic E-state index is -0.426. The maximum atomic E-state index is 13.1. The highest BCUT2D eigenvalue weighted by molar-refractivity contribution is 7.15. The Bertz CT molecular complexity index is 1240. The van der Waals surface area contributed by atoms with Crippen molar-refractivity contribution in [3.05, 3.63) is 71.7 Å². The van der Waals surface area contributed by atoms with Crippen LogP contribution in [0.1, 0.15) is 23.2 Å². The fraction of sp³-hybridized carbons (Fsp3) is 0.174. The van der Waals surface area contributed by atoms with Crippen molar-refractivity contribution in [2.24, 2.45) is 0 Å². The summed E-state index contributed by atoms with van der Waals surface area (Å²) in [4.78, 5) is 30.9. The zero-order chi connectivity index (χ0) is 21.2. The second-order valence-electron chi connectivity index (χ2n) is 7.26. The van der Waals surface area contributed by atoms with Crippen molar-refractivity contribution in [1.82, 2.24) is 9.38 Å². The summed E-state index contributed by atoms with van der Waals surface area (Å²) in [7, 11) is 0. The van der Waals surface area contributed by atoms with Gasteiger partial charge in [0.2, 0.25) is 0 Å². The van der Waals surface area contributed by atoms with Gasteiger partial charge in [0.25, 0.3) is 11.8 Å². The second-order valence-corrected chi connectivity index (χ2v) is 8.13. The molecule has 1 aliphatic rings. The first kappa shape index (κ1) is 19.5. The van der Waals surface area contributed by atoms with Gasteiger partial charge in [-0.25, -0.2) is 4.98 Å². The van der Waals surface area contributed by atoms with Crippen LogP contribution >= 0.6 is 11.3 Å². The highest BCUT2D eigenvalue weighted by Gasteiger charge is 2.24. The van der Waals surface area contributed by atoms with Gasteiger partial charge >= 0.3 is 0 Å². The molecule has 8 heteroatoms. The number of ether oxygens (including phenoxy) is 1. The monoisotopic (exact) mass is 432 g/mol. The minimum absolute atomic E-state index is 0.183. The van der Waals surface area contributed by atoms with Crippen LogP contribution < -0.4 is 10.6 Å². The van der Waals surface area contributed by atoms with E-state index in [0.717, 1.165) is 16.9 Å². The van der Waals surface area contributed by atoms with E-state index < -0.39 is 6.10 Å². The van der Waals surface area contributed by atoms with E-state index in [-0.39, 0.29) is 11.8 Å². The molecule has 156 valence electrons. The highest BCUT2D eigenvalue weighted by atomic mass is 32.1. The van der Waals surface area contributed by atoms with Gasteiger partial charge in [-0.15, -0.1) is 11.3 Å². The van der Waals surface area contributed by atoms with E-state index in [1.165, 1.54) is 11.3 Å². The summed E-state index contributed by atoms with van der Waals surface area (Å²) in [5.41, 5.74) is 2.63. The van der Waals surface area contributed by atoms with E-state index in [4.69, 9.17) is 4.74 Å². The number of rotatable bonds is 5. The molecular formula is C23H20N4O3S. The number of hydrogen-bond donors (Lipinski definition) is 2. The number of nitrogens with zero attached hydrogens (tertiary/aromatic N) is 2. The zero-order valence-corrected chi connectivity index (χ0v) is 17.4. The van der Waals surface area contributed by atoms with Crippen LogP contribution in [0.4, 0.5) is 11.5 Å². The van der Waals surface area contributed by atoms with Gasteiger partial charge < -0.3 is 15.4 Å². The Labute approximate surface area is 182 Å². The third kappa shape index (κ3) is 3.95. The number of hydrogen-bond acceptors (Lipinski definition) is 5. The lowest BCUT2D eigenvalue weighted by Gasteiger charge is -2.12. The van der Waals surface area contributed by atoms with E-state index >= 15 is 0 Å². The lowest BCUT2D eigenvalue weighted by Crippen LogP contribution is -2.27. The number of amides is 2. The standard InChI is InChI=1S/C23H20N4O3S/c28-21(16-8-4-9-17(14-16)24-22(29)18-10-5-12-30-18)26-20-19(15-6-2-1-3-7-15)25-23-27(20)11-13-31-23/h1-4,6-9,11,13-14,18H,5,10,12H2,(H,24,29)(H,26,28). The summed E-state index contributed by atoms with van der Waals surface area (Å²) >= 11 is 1.50. The van der Waals surface area contributed by atoms with Crippen molar-refractivity contribution >= 4 is 39.6 Å². The van der Waals surface area contributed by atoms with Crippen LogP contribution in [-0.4, -0.2) is 33.9 Å². The van der Waals surface area contributed by atoms with Crippen LogP contribution in [0.5, 0.6) is 0 Å². The Kier molecular flexibility index (Phi) is 5.23. The maximum Gasteiger partial charge on any atom is 0.256 e. The van der Waals surface area contributed by atoms with Crippen LogP contribution in [0.25, 0.3) is 16.2 Å². The van der Waals surface area contributed by atoms with Crippen LogP contribution in [0.3, 0.4) is 0 Å². The third-order valence-corrected chi connectivity index (χ3v) is 5.91. The molecule has 0 saturated carbocycles. The molecule has 1 fully saturated rings. The molecule has 4 aromatic rings. The van der Waals surface area contributed by atoms with Gasteiger partial charge in [-0.2, -0.15) is 0 Å². The van der Waals surface area contributed by atoms with Crippen molar-refractivity contribution in [3.8, 4) is 11.3 Å². The number of nitrogens with one attached hydrogen (secondary N) is 2. The fourth-order valence-corrected chi connectivity index (χ4v) is 4.34. The summed E-state index contributed by atoms with van der Waals surface area (Å²) < 4.78 is 7.29. The highest BCUT2D eigenvalue weighted by Crippen LogP contribution is 2.31. The molecule has 0 spiro atoms. The molecule has 2 aromatic heterocycles. The van der Waals surface area contributed by atoms with Gasteiger partial charge in [-0.3, -0.25) is 14.0 Å². The Morgan fingerprint density at radius 3 is 2.77 bits per heavy atom. The maximum absolute atomic E-state index is 13.1. The number of aromatic nitrogens is 2. The lowest BCUT2D eigenvalue weighted by molar-refractivity contribution is -0.124. The molecule has 2 N–H and O–H groups in total. The molecule has 31 heavy (non-hydrogen) atoms. The van der Waals surface area contributed by atoms with Crippen LogP contribution in [0.15, 0.2) is 66.2 Å². The topological polar surface area (TPSA) is 84.7 Å². The average Bonchev–Trinajstić information content (AvgIpc) is 3.54. The lowest BCUT2D eigenvalue weighted by atomic mass is 10.1. The van der Waals surface area contributed by atoms with Gasteiger partial charge in [0.1, 0.15) is 17.6 Å². The minimum Gasteiger partial charge on any atom is -0.368 e. The molecular weight excluding hydrogens is 412 g/mol. The van der Waals surface area contributed by atoms with Crippen molar-refractivity contribution in [1.29, 1.82) is 0 Å². The smallest absolute Gasteiger partial charge is 0.256 e. The van der Waals surface area contributed by atoms with Crippen LogP contribution in [0.2, 0.25) is 0 Å². The van der Waals surface area contributed by atoms with E-state index in [9.17, 15) is 9.59 Å². The summed E-state index contributed by atoms with van der Waals surface area (Å²) in [6, 6.07) is 16.6. The van der Waals surface area contributed by atoms with Crippen molar-refractivity contribution < 1.29 is 14.3 Å². The van der Waals surface area contributed by atoms with Crippen molar-refractivity contribution in [3.63, 3.8) is 0 Å². The molecule has 5 rings (SSSR count). The normalized spacial score (nSPS) is 15.8. The molecule has 7 nitrogen and oxygen atoms in total. The van der Waals surface area contributed by atoms with Crippen molar-refractivity contribution in [2.75, 3.05) is 17.2 Å². The second kappa shape index (κ2) is 8.33. The predicted molar refractivity (Wildman–Crippen MR) is 121 cm³/mol. The number of carbonyl (C=O) groups excluding carboxylic acids is 2. The fourth-order valence-electron chi connectivity index (χ4n) is 3.63. The number of imidazole rings is 1. The van der Waals surface area contributed by atoms with Gasteiger partial charge in [0.05, 0.1) is 0 Å². The van der Waals surface area contributed by atoms with Crippen LogP contribution in [-0.2, 0) is 9.53 Å². The number of benzene rings is 2. The Balaban J connectivity index is 1.40. The van der Waals surface area contributed by atoms with Crippen molar-refractivity contribution in [2.45, 2.75) is 18.9 Å². The molecule has 3 heterocycles. The quantitative estimate of drug-likeness (QED) is 0.489. The zero-order valence-electron chi connectivity index (χ0n) is 16.6. The number of carbonyl (C=O) groups is 2. The molecule has 2 aromatic carbocycles. The molecule has 1 aliphatic heterocycles. The third-order valence-electron chi connectivity index (χ3n) is 5.16. The molecule has 0 bridgehead atoms. The predicted octanol–water partition coefficient (Wildman–Crippen LogP) is 4.43. The molecule has 1 atom stereocenters. The molecule has 0 aliphatic carbocycles. The van der Waals surface area contributed by atoms with E-state index in [0.29, 0.717) is 35.8 Å². The van der Waals surface area contributed by atoms with Gasteiger partial charge in [-0.05, 0) is 31.0 Å².